The summed E-state index contributed by atoms with van der Waals surface area (Å²) < 4.78 is 28.1. The second kappa shape index (κ2) is 7.07. The Kier molecular flexibility index (Phi) is 5.09. The lowest BCUT2D eigenvalue weighted by molar-refractivity contribution is 0.0823. The Bertz CT molecular complexity index is 675. The highest BCUT2D eigenvalue weighted by Gasteiger charge is 2.27. The number of rotatable bonds is 3. The van der Waals surface area contributed by atoms with E-state index < -0.39 is 0 Å². The second-order valence-corrected chi connectivity index (χ2v) is 6.95. The van der Waals surface area contributed by atoms with Gasteiger partial charge < -0.3 is 4.90 Å². The van der Waals surface area contributed by atoms with E-state index in [1.54, 1.807) is 6.07 Å². The summed E-state index contributed by atoms with van der Waals surface area (Å²) in [7, 11) is 2.08. The molecule has 5 heteroatoms. The third kappa shape index (κ3) is 3.97. The van der Waals surface area contributed by atoms with Crippen LogP contribution in [0.4, 0.5) is 8.78 Å². The Balaban J connectivity index is 1.85. The van der Waals surface area contributed by atoms with E-state index in [1.165, 1.54) is 18.2 Å². The van der Waals surface area contributed by atoms with Gasteiger partial charge in [0.25, 0.3) is 0 Å². The van der Waals surface area contributed by atoms with Gasteiger partial charge in [0.1, 0.15) is 11.6 Å². The van der Waals surface area contributed by atoms with Crippen LogP contribution in [0.5, 0.6) is 0 Å². The van der Waals surface area contributed by atoms with Gasteiger partial charge in [-0.3, -0.25) is 4.90 Å². The maximum Gasteiger partial charge on any atom is 0.127 e. The molecule has 1 atom stereocenters. The van der Waals surface area contributed by atoms with Crippen LogP contribution in [0.25, 0.3) is 0 Å². The lowest BCUT2D eigenvalue weighted by Crippen LogP contribution is -2.46. The van der Waals surface area contributed by atoms with Crippen LogP contribution in [-0.4, -0.2) is 36.5 Å². The Labute approximate surface area is 143 Å². The first-order chi connectivity index (χ1) is 11.0. The Morgan fingerprint density at radius 2 is 1.83 bits per heavy atom. The number of hydrogen-bond acceptors (Lipinski definition) is 2. The number of hydrogen-bond donors (Lipinski definition) is 0. The summed E-state index contributed by atoms with van der Waals surface area (Å²) in [4.78, 5) is 4.51. The van der Waals surface area contributed by atoms with E-state index in [4.69, 9.17) is 0 Å². The van der Waals surface area contributed by atoms with E-state index in [1.807, 2.05) is 18.2 Å². The van der Waals surface area contributed by atoms with Gasteiger partial charge in [0.05, 0.1) is 0 Å². The largest absolute Gasteiger partial charge is 0.303 e. The van der Waals surface area contributed by atoms with Crippen molar-refractivity contribution in [2.24, 2.45) is 0 Å². The molecule has 2 aromatic carbocycles. The van der Waals surface area contributed by atoms with E-state index in [0.29, 0.717) is 12.1 Å². The summed E-state index contributed by atoms with van der Waals surface area (Å²) in [6, 6.07) is 11.8. The molecule has 0 bridgehead atoms. The average Bonchev–Trinajstić information content (AvgIpc) is 2.53. The molecule has 3 rings (SSSR count). The monoisotopic (exact) mass is 380 g/mol. The first-order valence-corrected chi connectivity index (χ1v) is 8.44. The highest BCUT2D eigenvalue weighted by atomic mass is 79.9. The molecule has 1 heterocycles. The summed E-state index contributed by atoms with van der Waals surface area (Å²) >= 11 is 3.40. The smallest absolute Gasteiger partial charge is 0.127 e. The highest BCUT2D eigenvalue weighted by molar-refractivity contribution is 9.10. The van der Waals surface area contributed by atoms with Gasteiger partial charge in [-0.25, -0.2) is 8.78 Å². The average molecular weight is 381 g/mol. The van der Waals surface area contributed by atoms with Crippen molar-refractivity contribution in [1.82, 2.24) is 9.80 Å². The van der Waals surface area contributed by atoms with E-state index >= 15 is 0 Å². The van der Waals surface area contributed by atoms with Gasteiger partial charge in [-0.2, -0.15) is 0 Å². The fourth-order valence-corrected chi connectivity index (χ4v) is 3.44. The van der Waals surface area contributed by atoms with Gasteiger partial charge >= 0.3 is 0 Å². The fourth-order valence-electron chi connectivity index (χ4n) is 3.03. The third-order valence-corrected chi connectivity index (χ3v) is 4.82. The van der Waals surface area contributed by atoms with Gasteiger partial charge in [-0.1, -0.05) is 28.1 Å². The lowest BCUT2D eigenvalue weighted by Gasteiger charge is -2.40. The zero-order valence-electron chi connectivity index (χ0n) is 13.0. The minimum Gasteiger partial charge on any atom is -0.303 e. The number of likely N-dealkylation sites (N-methyl/N-ethyl adjacent to an activating group) is 1. The molecule has 0 aromatic heterocycles. The maximum atomic E-state index is 14.1. The normalized spacial score (nSPS) is 19.9. The zero-order chi connectivity index (χ0) is 16.4. The molecule has 0 spiro atoms. The van der Waals surface area contributed by atoms with Crippen molar-refractivity contribution < 1.29 is 8.78 Å². The van der Waals surface area contributed by atoms with Crippen molar-refractivity contribution >= 4 is 15.9 Å². The first kappa shape index (κ1) is 16.6. The van der Waals surface area contributed by atoms with Crippen LogP contribution >= 0.6 is 15.9 Å². The van der Waals surface area contributed by atoms with Crippen LogP contribution in [-0.2, 0) is 6.54 Å². The fraction of sp³-hybridized carbons (Fsp3) is 0.333. The van der Waals surface area contributed by atoms with Crippen LogP contribution in [0, 0.1) is 11.6 Å². The summed E-state index contributed by atoms with van der Waals surface area (Å²) in [5.41, 5.74) is 1.74. The first-order valence-electron chi connectivity index (χ1n) is 7.65. The van der Waals surface area contributed by atoms with Gasteiger partial charge in [0.2, 0.25) is 0 Å². The molecule has 1 aliphatic heterocycles. The second-order valence-electron chi connectivity index (χ2n) is 6.04. The van der Waals surface area contributed by atoms with Gasteiger partial charge in [-0.15, -0.1) is 0 Å². The summed E-state index contributed by atoms with van der Waals surface area (Å²) in [5, 5.41) is 0. The summed E-state index contributed by atoms with van der Waals surface area (Å²) in [6.45, 7) is 3.18. The molecule has 23 heavy (non-hydrogen) atoms. The number of benzene rings is 2. The van der Waals surface area contributed by atoms with E-state index in [-0.39, 0.29) is 17.7 Å². The predicted octanol–water partition coefficient (Wildman–Crippen LogP) is 4.22. The quantitative estimate of drug-likeness (QED) is 0.786. The summed E-state index contributed by atoms with van der Waals surface area (Å²) in [5.74, 6) is -0.424. The Morgan fingerprint density at radius 1 is 1.09 bits per heavy atom. The molecular weight excluding hydrogens is 362 g/mol. The SMILES string of the molecule is CN1CCN(Cc2cc(Br)ccc2F)C(c2ccc(F)cc2)C1. The number of nitrogens with zero attached hydrogens (tertiary/aromatic N) is 2. The van der Waals surface area contributed by atoms with Crippen molar-refractivity contribution in [1.29, 1.82) is 0 Å². The minimum absolute atomic E-state index is 0.132. The predicted molar refractivity (Wildman–Crippen MR) is 91.1 cm³/mol. The van der Waals surface area contributed by atoms with Crippen LogP contribution in [0.15, 0.2) is 46.9 Å². The maximum absolute atomic E-state index is 14.1. The minimum atomic E-state index is -0.234. The van der Waals surface area contributed by atoms with Crippen molar-refractivity contribution in [3.63, 3.8) is 0 Å². The molecule has 1 aliphatic rings. The van der Waals surface area contributed by atoms with Crippen molar-refractivity contribution in [3.8, 4) is 0 Å². The van der Waals surface area contributed by atoms with Gasteiger partial charge in [0.15, 0.2) is 0 Å². The van der Waals surface area contributed by atoms with Crippen LogP contribution in [0.3, 0.4) is 0 Å². The van der Waals surface area contributed by atoms with Crippen LogP contribution in [0.1, 0.15) is 17.2 Å². The molecule has 2 aromatic rings. The molecule has 0 saturated carbocycles. The number of piperazine rings is 1. The third-order valence-electron chi connectivity index (χ3n) is 4.33. The molecule has 122 valence electrons. The van der Waals surface area contributed by atoms with Crippen LogP contribution in [0.2, 0.25) is 0 Å². The molecule has 1 unspecified atom stereocenters. The molecule has 0 radical (unpaired) electrons. The lowest BCUT2D eigenvalue weighted by atomic mass is 10.0. The van der Waals surface area contributed by atoms with Crippen molar-refractivity contribution in [2.75, 3.05) is 26.7 Å². The topological polar surface area (TPSA) is 6.48 Å². The molecule has 2 nitrogen and oxygen atoms in total. The standard InChI is InChI=1S/C18H19BrF2N2/c1-22-8-9-23(11-14-10-15(19)4-7-17(14)21)18(12-22)13-2-5-16(20)6-3-13/h2-7,10,18H,8-9,11-12H2,1H3. The van der Waals surface area contributed by atoms with Gasteiger partial charge in [-0.05, 0) is 42.9 Å². The Hall–Kier alpha value is -1.30. The molecule has 1 saturated heterocycles. The molecule has 0 aliphatic carbocycles. The Morgan fingerprint density at radius 3 is 2.57 bits per heavy atom. The summed E-state index contributed by atoms with van der Waals surface area (Å²) in [6.07, 6.45) is 0. The van der Waals surface area contributed by atoms with Crippen molar-refractivity contribution in [3.05, 3.63) is 69.7 Å². The molecule has 0 N–H and O–H groups in total. The van der Waals surface area contributed by atoms with Crippen LogP contribution < -0.4 is 0 Å². The molecule has 1 fully saturated rings. The molecule has 0 amide bonds. The van der Waals surface area contributed by atoms with E-state index in [9.17, 15) is 8.78 Å². The van der Waals surface area contributed by atoms with Crippen molar-refractivity contribution in [2.45, 2.75) is 12.6 Å². The zero-order valence-corrected chi connectivity index (χ0v) is 14.6. The van der Waals surface area contributed by atoms with E-state index in [2.05, 4.69) is 32.8 Å². The van der Waals surface area contributed by atoms with E-state index in [0.717, 1.165) is 29.7 Å². The highest BCUT2D eigenvalue weighted by Crippen LogP contribution is 2.28. The number of halogens is 3. The van der Waals surface area contributed by atoms with Gasteiger partial charge in [0, 0.05) is 42.3 Å². The molecular formula is C18H19BrF2N2.